The predicted octanol–water partition coefficient (Wildman–Crippen LogP) is 3.01. The molecule has 1 saturated heterocycles. The second kappa shape index (κ2) is 12.4. The van der Waals surface area contributed by atoms with Gasteiger partial charge in [-0.25, -0.2) is 4.99 Å². The number of methoxy groups -OCH3 is 1. The lowest BCUT2D eigenvalue weighted by atomic mass is 10.1. The molecule has 0 aromatic heterocycles. The van der Waals surface area contributed by atoms with Gasteiger partial charge in [0.25, 0.3) is 5.91 Å². The molecule has 1 aliphatic rings. The molecule has 2 aromatic rings. The molecule has 168 valence electrons. The third kappa shape index (κ3) is 6.75. The highest BCUT2D eigenvalue weighted by molar-refractivity contribution is 14.0. The summed E-state index contributed by atoms with van der Waals surface area (Å²) in [5.74, 6) is 1.62. The summed E-state index contributed by atoms with van der Waals surface area (Å²) in [6, 6.07) is 16.0. The molecule has 2 aromatic carbocycles. The summed E-state index contributed by atoms with van der Waals surface area (Å²) in [6.45, 7) is 5.27. The molecule has 1 atom stereocenters. The minimum atomic E-state index is -0.0825. The van der Waals surface area contributed by atoms with Crippen LogP contribution >= 0.6 is 24.0 Å². The number of nitrogens with one attached hydrogen (secondary N) is 3. The normalized spacial score (nSPS) is 15.8. The summed E-state index contributed by atoms with van der Waals surface area (Å²) in [7, 11) is 3.34. The first kappa shape index (κ1) is 24.8. The fourth-order valence-corrected chi connectivity index (χ4v) is 3.58. The van der Waals surface area contributed by atoms with E-state index in [1.54, 1.807) is 14.2 Å². The summed E-state index contributed by atoms with van der Waals surface area (Å²) in [6.07, 6.45) is 1.03. The number of anilines is 1. The molecule has 1 unspecified atom stereocenters. The van der Waals surface area contributed by atoms with Gasteiger partial charge in [-0.2, -0.15) is 0 Å². The molecule has 0 bridgehead atoms. The van der Waals surface area contributed by atoms with Crippen LogP contribution < -0.4 is 25.6 Å². The van der Waals surface area contributed by atoms with Gasteiger partial charge >= 0.3 is 0 Å². The van der Waals surface area contributed by atoms with E-state index in [9.17, 15) is 4.79 Å². The highest BCUT2D eigenvalue weighted by atomic mass is 127. The highest BCUT2D eigenvalue weighted by Crippen LogP contribution is 2.30. The number of carbonyl (C=O) groups is 1. The van der Waals surface area contributed by atoms with Crippen LogP contribution in [0.25, 0.3) is 0 Å². The predicted molar refractivity (Wildman–Crippen MR) is 137 cm³/mol. The number of hydrogen-bond acceptors (Lipinski definition) is 4. The van der Waals surface area contributed by atoms with E-state index in [1.165, 1.54) is 0 Å². The molecule has 7 nitrogen and oxygen atoms in total. The Bertz CT molecular complexity index is 873. The SMILES string of the molecule is CCNC(=NCc1ccc(C(=O)NC)cc1)NC1CCN(c2ccccc2OC)C1.I. The molecule has 8 heteroatoms. The number of rotatable bonds is 7. The Hall–Kier alpha value is -2.49. The number of halogens is 1. The van der Waals surface area contributed by atoms with Crippen LogP contribution in [0.15, 0.2) is 53.5 Å². The van der Waals surface area contributed by atoms with Gasteiger partial charge in [0.2, 0.25) is 0 Å². The number of aliphatic imine (C=N–C) groups is 1. The van der Waals surface area contributed by atoms with Crippen molar-refractivity contribution in [3.05, 3.63) is 59.7 Å². The average Bonchev–Trinajstić information content (AvgIpc) is 3.25. The first-order chi connectivity index (χ1) is 14.6. The first-order valence-corrected chi connectivity index (χ1v) is 10.4. The van der Waals surface area contributed by atoms with Gasteiger partial charge in [-0.15, -0.1) is 24.0 Å². The van der Waals surface area contributed by atoms with Crippen LogP contribution in [0.3, 0.4) is 0 Å². The smallest absolute Gasteiger partial charge is 0.251 e. The molecule has 3 N–H and O–H groups in total. The van der Waals surface area contributed by atoms with Crippen LogP contribution in [0.2, 0.25) is 0 Å². The quantitative estimate of drug-likeness (QED) is 0.288. The van der Waals surface area contributed by atoms with E-state index >= 15 is 0 Å². The molecule has 0 aliphatic carbocycles. The van der Waals surface area contributed by atoms with Crippen molar-refractivity contribution < 1.29 is 9.53 Å². The van der Waals surface area contributed by atoms with E-state index in [2.05, 4.69) is 33.8 Å². The number of guanidine groups is 1. The lowest BCUT2D eigenvalue weighted by Crippen LogP contribution is -2.44. The van der Waals surface area contributed by atoms with Gasteiger partial charge in [0.15, 0.2) is 5.96 Å². The Balaban J connectivity index is 0.00000341. The Labute approximate surface area is 201 Å². The van der Waals surface area contributed by atoms with Crippen LogP contribution in [-0.2, 0) is 6.54 Å². The van der Waals surface area contributed by atoms with E-state index in [1.807, 2.05) is 42.5 Å². The van der Waals surface area contributed by atoms with Crippen molar-refractivity contribution >= 4 is 41.5 Å². The number of amides is 1. The summed E-state index contributed by atoms with van der Waals surface area (Å²) in [5.41, 5.74) is 2.84. The molecule has 0 radical (unpaired) electrons. The summed E-state index contributed by atoms with van der Waals surface area (Å²) >= 11 is 0. The largest absolute Gasteiger partial charge is 0.495 e. The number of para-hydroxylation sites is 2. The molecule has 1 heterocycles. The van der Waals surface area contributed by atoms with Gasteiger partial charge in [0, 0.05) is 38.3 Å². The summed E-state index contributed by atoms with van der Waals surface area (Å²) in [4.78, 5) is 18.7. The number of ether oxygens (including phenoxy) is 1. The van der Waals surface area contributed by atoms with Crippen LogP contribution in [0.1, 0.15) is 29.3 Å². The maximum Gasteiger partial charge on any atom is 0.251 e. The Kier molecular flexibility index (Phi) is 9.90. The van der Waals surface area contributed by atoms with Gasteiger partial charge < -0.3 is 25.6 Å². The Morgan fingerprint density at radius 3 is 2.61 bits per heavy atom. The maximum atomic E-state index is 11.7. The zero-order chi connectivity index (χ0) is 21.3. The molecular formula is C23H32IN5O2. The molecule has 0 saturated carbocycles. The monoisotopic (exact) mass is 537 g/mol. The summed E-state index contributed by atoms with van der Waals surface area (Å²) in [5, 5.41) is 9.51. The van der Waals surface area contributed by atoms with Gasteiger partial charge in [-0.05, 0) is 43.2 Å². The highest BCUT2D eigenvalue weighted by Gasteiger charge is 2.25. The minimum Gasteiger partial charge on any atom is -0.495 e. The van der Waals surface area contributed by atoms with Gasteiger partial charge in [0.05, 0.1) is 19.3 Å². The van der Waals surface area contributed by atoms with Crippen LogP contribution in [0.5, 0.6) is 5.75 Å². The molecule has 3 rings (SSSR count). The third-order valence-corrected chi connectivity index (χ3v) is 5.16. The second-order valence-electron chi connectivity index (χ2n) is 7.22. The number of carbonyl (C=O) groups excluding carboxylic acids is 1. The van der Waals surface area contributed by atoms with E-state index in [0.29, 0.717) is 18.2 Å². The zero-order valence-electron chi connectivity index (χ0n) is 18.4. The molecule has 0 spiro atoms. The number of nitrogens with zero attached hydrogens (tertiary/aromatic N) is 2. The van der Waals surface area contributed by atoms with Crippen LogP contribution in [-0.4, -0.2) is 51.7 Å². The van der Waals surface area contributed by atoms with E-state index in [4.69, 9.17) is 9.73 Å². The first-order valence-electron chi connectivity index (χ1n) is 10.4. The van der Waals surface area contributed by atoms with Gasteiger partial charge in [-0.3, -0.25) is 4.79 Å². The molecule has 1 aliphatic heterocycles. The fraction of sp³-hybridized carbons (Fsp3) is 0.391. The van der Waals surface area contributed by atoms with E-state index < -0.39 is 0 Å². The third-order valence-electron chi connectivity index (χ3n) is 5.16. The van der Waals surface area contributed by atoms with E-state index in [-0.39, 0.29) is 29.9 Å². The van der Waals surface area contributed by atoms with Crippen molar-refractivity contribution in [1.29, 1.82) is 0 Å². The van der Waals surface area contributed by atoms with E-state index in [0.717, 1.165) is 49.0 Å². The standard InChI is InChI=1S/C23H31N5O2.HI/c1-4-25-23(26-15-17-9-11-18(12-10-17)22(29)24-2)27-19-13-14-28(16-19)20-7-5-6-8-21(20)30-3;/h5-12,19H,4,13-16H2,1-3H3,(H,24,29)(H2,25,26,27);1H. The van der Waals surface area contributed by atoms with Gasteiger partial charge in [-0.1, -0.05) is 24.3 Å². The molecule has 1 amide bonds. The van der Waals surface area contributed by atoms with Crippen molar-refractivity contribution in [3.63, 3.8) is 0 Å². The van der Waals surface area contributed by atoms with Crippen LogP contribution in [0.4, 0.5) is 5.69 Å². The lowest BCUT2D eigenvalue weighted by Gasteiger charge is -2.22. The molecule has 31 heavy (non-hydrogen) atoms. The van der Waals surface area contributed by atoms with Crippen molar-refractivity contribution in [1.82, 2.24) is 16.0 Å². The van der Waals surface area contributed by atoms with Crippen molar-refractivity contribution in [2.24, 2.45) is 4.99 Å². The zero-order valence-corrected chi connectivity index (χ0v) is 20.7. The van der Waals surface area contributed by atoms with Crippen molar-refractivity contribution in [2.45, 2.75) is 25.9 Å². The van der Waals surface area contributed by atoms with Crippen LogP contribution in [0, 0.1) is 0 Å². The van der Waals surface area contributed by atoms with Gasteiger partial charge in [0.1, 0.15) is 5.75 Å². The molecule has 1 fully saturated rings. The minimum absolute atomic E-state index is 0. The lowest BCUT2D eigenvalue weighted by molar-refractivity contribution is 0.0963. The summed E-state index contributed by atoms with van der Waals surface area (Å²) < 4.78 is 5.51. The molecular weight excluding hydrogens is 505 g/mol. The second-order valence-corrected chi connectivity index (χ2v) is 7.22. The van der Waals surface area contributed by atoms with Crippen molar-refractivity contribution in [2.75, 3.05) is 38.7 Å². The topological polar surface area (TPSA) is 78.0 Å². The average molecular weight is 537 g/mol. The Morgan fingerprint density at radius 1 is 1.19 bits per heavy atom. The fourth-order valence-electron chi connectivity index (χ4n) is 3.58. The maximum absolute atomic E-state index is 11.7. The number of benzene rings is 2. The number of hydrogen-bond donors (Lipinski definition) is 3. The van der Waals surface area contributed by atoms with Crippen molar-refractivity contribution in [3.8, 4) is 5.75 Å². The Morgan fingerprint density at radius 2 is 1.94 bits per heavy atom.